The lowest BCUT2D eigenvalue weighted by Crippen LogP contribution is -2.32. The van der Waals surface area contributed by atoms with Crippen LogP contribution in [0.15, 0.2) is 0 Å². The van der Waals surface area contributed by atoms with Gasteiger partial charge >= 0.3 is 0 Å². The molecule has 0 heterocycles. The molecule has 0 fully saturated rings. The summed E-state index contributed by atoms with van der Waals surface area (Å²) in [7, 11) is 0. The van der Waals surface area contributed by atoms with E-state index in [1.54, 1.807) is 0 Å². The number of aliphatic hydroxyl groups is 1. The molecule has 0 aliphatic carbocycles. The third-order valence-corrected chi connectivity index (χ3v) is 1.99. The number of rotatable bonds is 3. The van der Waals surface area contributed by atoms with E-state index in [0.717, 1.165) is 0 Å². The summed E-state index contributed by atoms with van der Waals surface area (Å²) in [6.45, 7) is 0.872. The molecule has 8 heteroatoms. The van der Waals surface area contributed by atoms with Crippen LogP contribution >= 0.6 is 0 Å². The fourth-order valence-corrected chi connectivity index (χ4v) is 1.13. The zero-order valence-electron chi connectivity index (χ0n) is 9.03. The van der Waals surface area contributed by atoms with Gasteiger partial charge < -0.3 is 10.4 Å². The van der Waals surface area contributed by atoms with E-state index in [2.05, 4.69) is 0 Å². The summed E-state index contributed by atoms with van der Waals surface area (Å²) < 4.78 is 64.5. The van der Waals surface area contributed by atoms with E-state index in [1.807, 2.05) is 5.32 Å². The van der Waals surface area contributed by atoms with Gasteiger partial charge in [-0.05, 0) is 6.92 Å². The summed E-state index contributed by atoms with van der Waals surface area (Å²) in [5, 5.41) is 10.7. The fourth-order valence-electron chi connectivity index (χ4n) is 1.13. The van der Waals surface area contributed by atoms with Gasteiger partial charge in [-0.25, -0.2) is 22.0 Å². The zero-order chi connectivity index (χ0) is 14.0. The maximum absolute atomic E-state index is 13.1. The molecule has 0 aliphatic rings. The van der Waals surface area contributed by atoms with Crippen molar-refractivity contribution in [3.05, 3.63) is 34.6 Å². The predicted octanol–water partition coefficient (Wildman–Crippen LogP) is 1.49. The van der Waals surface area contributed by atoms with Crippen LogP contribution in [0.5, 0.6) is 0 Å². The molecule has 1 aromatic rings. The summed E-state index contributed by atoms with van der Waals surface area (Å²) in [6.07, 6.45) is -1.03. The summed E-state index contributed by atoms with van der Waals surface area (Å²) in [4.78, 5) is 11.2. The zero-order valence-corrected chi connectivity index (χ0v) is 9.03. The Kier molecular flexibility index (Phi) is 4.23. The van der Waals surface area contributed by atoms with Gasteiger partial charge in [0.2, 0.25) is 5.82 Å². The normalized spacial score (nSPS) is 12.4. The summed E-state index contributed by atoms with van der Waals surface area (Å²) >= 11 is 0. The molecule has 1 aromatic carbocycles. The van der Waals surface area contributed by atoms with Crippen molar-refractivity contribution in [1.82, 2.24) is 5.32 Å². The van der Waals surface area contributed by atoms with Gasteiger partial charge in [-0.15, -0.1) is 0 Å². The lowest BCUT2D eigenvalue weighted by Gasteiger charge is -2.10. The third-order valence-electron chi connectivity index (χ3n) is 1.99. The first-order chi connectivity index (χ1) is 8.27. The Morgan fingerprint density at radius 3 is 1.83 bits per heavy atom. The van der Waals surface area contributed by atoms with Crippen molar-refractivity contribution >= 4 is 5.91 Å². The van der Waals surface area contributed by atoms with Crippen molar-refractivity contribution < 1.29 is 31.9 Å². The number of carbonyl (C=O) groups excluding carboxylic acids is 1. The largest absolute Gasteiger partial charge is 0.392 e. The molecule has 0 saturated heterocycles. The van der Waals surface area contributed by atoms with Crippen LogP contribution in [0.1, 0.15) is 17.3 Å². The predicted molar refractivity (Wildman–Crippen MR) is 50.2 cm³/mol. The van der Waals surface area contributed by atoms with E-state index in [0.29, 0.717) is 0 Å². The highest BCUT2D eigenvalue weighted by atomic mass is 19.2. The Hall–Kier alpha value is -1.70. The Morgan fingerprint density at radius 1 is 1.06 bits per heavy atom. The van der Waals surface area contributed by atoms with Gasteiger partial charge in [-0.1, -0.05) is 0 Å². The van der Waals surface area contributed by atoms with Gasteiger partial charge in [-0.2, -0.15) is 0 Å². The molecule has 100 valence electrons. The van der Waals surface area contributed by atoms with E-state index in [9.17, 15) is 26.7 Å². The van der Waals surface area contributed by atoms with Crippen LogP contribution in [0, 0.1) is 29.1 Å². The molecule has 0 radical (unpaired) electrons. The van der Waals surface area contributed by atoms with Crippen molar-refractivity contribution in [1.29, 1.82) is 0 Å². The van der Waals surface area contributed by atoms with E-state index in [4.69, 9.17) is 5.11 Å². The molecule has 0 unspecified atom stereocenters. The highest BCUT2D eigenvalue weighted by Gasteiger charge is 2.29. The lowest BCUT2D eigenvalue weighted by atomic mass is 10.1. The highest BCUT2D eigenvalue weighted by Crippen LogP contribution is 2.22. The molecule has 0 saturated carbocycles. The molecule has 1 amide bonds. The molecule has 3 nitrogen and oxygen atoms in total. The number of aliphatic hydroxyl groups excluding tert-OH is 1. The molecule has 0 spiro atoms. The van der Waals surface area contributed by atoms with Gasteiger partial charge in [0.25, 0.3) is 5.91 Å². The van der Waals surface area contributed by atoms with Crippen LogP contribution in [-0.4, -0.2) is 23.7 Å². The third kappa shape index (κ3) is 2.58. The van der Waals surface area contributed by atoms with Gasteiger partial charge in [0.15, 0.2) is 23.3 Å². The lowest BCUT2D eigenvalue weighted by molar-refractivity contribution is 0.0912. The van der Waals surface area contributed by atoms with Crippen LogP contribution in [0.2, 0.25) is 0 Å². The van der Waals surface area contributed by atoms with Crippen molar-refractivity contribution in [3.63, 3.8) is 0 Å². The number of benzene rings is 1. The minimum absolute atomic E-state index is 0.391. The summed E-state index contributed by atoms with van der Waals surface area (Å²) in [6, 6.07) is 0. The molecule has 1 atom stereocenters. The van der Waals surface area contributed by atoms with Crippen molar-refractivity contribution in [2.24, 2.45) is 0 Å². The number of nitrogens with one attached hydrogen (secondary N) is 1. The van der Waals surface area contributed by atoms with Gasteiger partial charge in [0.05, 0.1) is 6.10 Å². The second-order valence-corrected chi connectivity index (χ2v) is 3.50. The standard InChI is InChI=1S/C10H8F5NO2/c1-3(17)2-16-10(18)4-5(11)7(13)9(15)8(14)6(4)12/h3,17H,2H2,1H3,(H,16,18)/t3-/m1/s1. The van der Waals surface area contributed by atoms with E-state index in [1.165, 1.54) is 6.92 Å². The molecule has 0 aliphatic heterocycles. The fraction of sp³-hybridized carbons (Fsp3) is 0.300. The first kappa shape index (κ1) is 14.4. The number of halogens is 5. The van der Waals surface area contributed by atoms with Crippen molar-refractivity contribution in [2.75, 3.05) is 6.54 Å². The highest BCUT2D eigenvalue weighted by molar-refractivity contribution is 5.94. The maximum atomic E-state index is 13.1. The van der Waals surface area contributed by atoms with Crippen LogP contribution in [0.3, 0.4) is 0 Å². The summed E-state index contributed by atoms with van der Waals surface area (Å²) in [5.74, 6) is -12.7. The summed E-state index contributed by atoms with van der Waals surface area (Å²) in [5.41, 5.74) is -1.58. The molecule has 2 N–H and O–H groups in total. The van der Waals surface area contributed by atoms with E-state index < -0.39 is 53.2 Å². The van der Waals surface area contributed by atoms with Gasteiger partial charge in [0.1, 0.15) is 5.56 Å². The number of amides is 1. The topological polar surface area (TPSA) is 49.3 Å². The molecule has 0 bridgehead atoms. The van der Waals surface area contributed by atoms with Crippen LogP contribution in [0.25, 0.3) is 0 Å². The first-order valence-electron chi connectivity index (χ1n) is 4.75. The molecule has 0 aromatic heterocycles. The second-order valence-electron chi connectivity index (χ2n) is 3.50. The van der Waals surface area contributed by atoms with E-state index in [-0.39, 0.29) is 0 Å². The Bertz CT molecular complexity index is 461. The maximum Gasteiger partial charge on any atom is 0.257 e. The molecular weight excluding hydrogens is 261 g/mol. The van der Waals surface area contributed by atoms with Crippen LogP contribution < -0.4 is 5.32 Å². The molecular formula is C10H8F5NO2. The van der Waals surface area contributed by atoms with Crippen molar-refractivity contribution in [2.45, 2.75) is 13.0 Å². The first-order valence-corrected chi connectivity index (χ1v) is 4.75. The number of carbonyl (C=O) groups is 1. The Balaban J connectivity index is 3.21. The smallest absolute Gasteiger partial charge is 0.257 e. The quantitative estimate of drug-likeness (QED) is 0.496. The molecule has 18 heavy (non-hydrogen) atoms. The number of hydrogen-bond acceptors (Lipinski definition) is 2. The average Bonchev–Trinajstić information content (AvgIpc) is 2.31. The minimum Gasteiger partial charge on any atom is -0.392 e. The second kappa shape index (κ2) is 5.30. The van der Waals surface area contributed by atoms with E-state index >= 15 is 0 Å². The SMILES string of the molecule is C[C@@H](O)CNC(=O)c1c(F)c(F)c(F)c(F)c1F. The van der Waals surface area contributed by atoms with Crippen molar-refractivity contribution in [3.8, 4) is 0 Å². The number of hydrogen-bond donors (Lipinski definition) is 2. The van der Waals surface area contributed by atoms with Gasteiger partial charge in [-0.3, -0.25) is 4.79 Å². The Labute approximate surface area is 98.2 Å². The minimum atomic E-state index is -2.34. The average molecular weight is 269 g/mol. The van der Waals surface area contributed by atoms with Crippen LogP contribution in [0.4, 0.5) is 22.0 Å². The van der Waals surface area contributed by atoms with Gasteiger partial charge in [0, 0.05) is 6.54 Å². The monoisotopic (exact) mass is 269 g/mol. The van der Waals surface area contributed by atoms with Crippen LogP contribution in [-0.2, 0) is 0 Å². The Morgan fingerprint density at radius 2 is 1.44 bits per heavy atom. The molecule has 1 rings (SSSR count).